The predicted molar refractivity (Wildman–Crippen MR) is 69.5 cm³/mol. The molecule has 1 rings (SSSR count). The van der Waals surface area contributed by atoms with Crippen molar-refractivity contribution in [1.82, 2.24) is 4.90 Å². The Bertz CT molecular complexity index is 272. The summed E-state index contributed by atoms with van der Waals surface area (Å²) in [7, 11) is 0. The van der Waals surface area contributed by atoms with Crippen LogP contribution in [0.2, 0.25) is 0 Å². The Labute approximate surface area is 105 Å². The van der Waals surface area contributed by atoms with Crippen molar-refractivity contribution in [2.75, 3.05) is 13.1 Å². The zero-order valence-electron chi connectivity index (χ0n) is 11.4. The Hall–Kier alpha value is -0.590. The van der Waals surface area contributed by atoms with Crippen molar-refractivity contribution in [2.24, 2.45) is 5.92 Å². The summed E-state index contributed by atoms with van der Waals surface area (Å²) in [5.41, 5.74) is -0.756. The summed E-state index contributed by atoms with van der Waals surface area (Å²) in [6, 6.07) is 2.85. The highest BCUT2D eigenvalue weighted by Crippen LogP contribution is 2.32. The van der Waals surface area contributed by atoms with Crippen molar-refractivity contribution in [3.05, 3.63) is 0 Å². The minimum Gasteiger partial charge on any atom is -0.388 e. The van der Waals surface area contributed by atoms with E-state index in [2.05, 4.69) is 31.7 Å². The molecule has 3 heteroatoms. The third-order valence-corrected chi connectivity index (χ3v) is 4.00. The second-order valence-electron chi connectivity index (χ2n) is 5.56. The average molecular weight is 238 g/mol. The molecule has 3 nitrogen and oxygen atoms in total. The van der Waals surface area contributed by atoms with Gasteiger partial charge in [0.2, 0.25) is 0 Å². The van der Waals surface area contributed by atoms with Crippen LogP contribution in [0.4, 0.5) is 0 Å². The predicted octanol–water partition coefficient (Wildman–Crippen LogP) is 2.55. The third-order valence-electron chi connectivity index (χ3n) is 4.00. The minimum absolute atomic E-state index is 0.195. The molecule has 0 aromatic heterocycles. The molecule has 1 aliphatic rings. The van der Waals surface area contributed by atoms with Gasteiger partial charge in [-0.1, -0.05) is 13.3 Å². The lowest BCUT2D eigenvalue weighted by molar-refractivity contribution is -0.0147. The number of rotatable bonds is 4. The number of likely N-dealkylation sites (tertiary alicyclic amines) is 1. The second kappa shape index (κ2) is 6.37. The van der Waals surface area contributed by atoms with Crippen LogP contribution in [0, 0.1) is 17.2 Å². The second-order valence-corrected chi connectivity index (χ2v) is 5.56. The molecular formula is C14H26N2O. The Balaban J connectivity index is 2.67. The normalized spacial score (nSPS) is 28.7. The lowest BCUT2D eigenvalue weighted by Crippen LogP contribution is -2.39. The van der Waals surface area contributed by atoms with Crippen molar-refractivity contribution in [3.8, 4) is 6.07 Å². The first-order valence-corrected chi connectivity index (χ1v) is 6.89. The first kappa shape index (κ1) is 14.5. The molecule has 1 N–H and O–H groups in total. The van der Waals surface area contributed by atoms with Crippen LogP contribution in [0.15, 0.2) is 0 Å². The van der Waals surface area contributed by atoms with E-state index in [4.69, 9.17) is 0 Å². The van der Waals surface area contributed by atoms with Crippen molar-refractivity contribution < 1.29 is 5.11 Å². The van der Waals surface area contributed by atoms with Crippen LogP contribution in [-0.2, 0) is 0 Å². The molecular weight excluding hydrogens is 212 g/mol. The number of hydrogen-bond acceptors (Lipinski definition) is 3. The molecule has 1 heterocycles. The number of aliphatic hydroxyl groups is 1. The summed E-state index contributed by atoms with van der Waals surface area (Å²) >= 11 is 0. The Morgan fingerprint density at radius 1 is 1.35 bits per heavy atom. The highest BCUT2D eigenvalue weighted by atomic mass is 16.3. The number of hydrogen-bond donors (Lipinski definition) is 1. The first-order chi connectivity index (χ1) is 8.03. The van der Waals surface area contributed by atoms with Gasteiger partial charge in [-0.2, -0.15) is 5.26 Å². The van der Waals surface area contributed by atoms with E-state index in [0.29, 0.717) is 6.04 Å². The SMILES string of the molecule is CCCC(C#N)C1(O)CCCN(C(C)C)CC1. The van der Waals surface area contributed by atoms with Crippen LogP contribution < -0.4 is 0 Å². The van der Waals surface area contributed by atoms with Gasteiger partial charge in [0.1, 0.15) is 0 Å². The standard InChI is InChI=1S/C14H26N2O/c1-4-6-13(11-15)14(17)7-5-9-16(10-8-14)12(2)3/h12-13,17H,4-10H2,1-3H3. The molecule has 2 unspecified atom stereocenters. The smallest absolute Gasteiger partial charge is 0.0817 e. The van der Waals surface area contributed by atoms with Gasteiger partial charge in [0, 0.05) is 12.6 Å². The lowest BCUT2D eigenvalue weighted by Gasteiger charge is -2.31. The maximum atomic E-state index is 10.7. The monoisotopic (exact) mass is 238 g/mol. The molecule has 0 aromatic rings. The van der Waals surface area contributed by atoms with E-state index < -0.39 is 5.60 Å². The molecule has 1 fully saturated rings. The molecule has 0 bridgehead atoms. The van der Waals surface area contributed by atoms with Gasteiger partial charge in [-0.25, -0.2) is 0 Å². The van der Waals surface area contributed by atoms with Gasteiger partial charge in [-0.05, 0) is 46.1 Å². The van der Waals surface area contributed by atoms with Crippen LogP contribution in [0.5, 0.6) is 0 Å². The van der Waals surface area contributed by atoms with Crippen LogP contribution in [0.1, 0.15) is 52.9 Å². The van der Waals surface area contributed by atoms with Gasteiger partial charge >= 0.3 is 0 Å². The van der Waals surface area contributed by atoms with Gasteiger partial charge in [0.15, 0.2) is 0 Å². The van der Waals surface area contributed by atoms with E-state index in [1.54, 1.807) is 0 Å². The summed E-state index contributed by atoms with van der Waals surface area (Å²) in [4.78, 5) is 2.40. The zero-order valence-corrected chi connectivity index (χ0v) is 11.4. The van der Waals surface area contributed by atoms with E-state index in [1.807, 2.05) is 0 Å². The molecule has 1 aliphatic heterocycles. The molecule has 0 aliphatic carbocycles. The van der Waals surface area contributed by atoms with E-state index in [1.165, 1.54) is 0 Å². The Morgan fingerprint density at radius 2 is 2.06 bits per heavy atom. The molecule has 0 saturated carbocycles. The lowest BCUT2D eigenvalue weighted by atomic mass is 9.80. The van der Waals surface area contributed by atoms with Crippen LogP contribution >= 0.6 is 0 Å². The summed E-state index contributed by atoms with van der Waals surface area (Å²) < 4.78 is 0. The van der Waals surface area contributed by atoms with Crippen LogP contribution in [0.3, 0.4) is 0 Å². The minimum atomic E-state index is -0.756. The highest BCUT2D eigenvalue weighted by Gasteiger charge is 2.37. The molecule has 98 valence electrons. The fourth-order valence-electron chi connectivity index (χ4n) is 2.77. The maximum absolute atomic E-state index is 10.7. The molecule has 1 saturated heterocycles. The largest absolute Gasteiger partial charge is 0.388 e. The average Bonchev–Trinajstić information content (AvgIpc) is 2.49. The zero-order chi connectivity index (χ0) is 12.9. The summed E-state index contributed by atoms with van der Waals surface area (Å²) in [5, 5.41) is 19.9. The van der Waals surface area contributed by atoms with Crippen molar-refractivity contribution in [2.45, 2.75) is 64.5 Å². The first-order valence-electron chi connectivity index (χ1n) is 6.89. The maximum Gasteiger partial charge on any atom is 0.0817 e. The van der Waals surface area contributed by atoms with E-state index in [0.717, 1.165) is 45.2 Å². The molecule has 0 aromatic carbocycles. The molecule has 17 heavy (non-hydrogen) atoms. The van der Waals surface area contributed by atoms with E-state index in [-0.39, 0.29) is 5.92 Å². The Morgan fingerprint density at radius 3 is 2.59 bits per heavy atom. The molecule has 0 radical (unpaired) electrons. The topological polar surface area (TPSA) is 47.3 Å². The summed E-state index contributed by atoms with van der Waals surface area (Å²) in [6.45, 7) is 8.42. The van der Waals surface area contributed by atoms with Gasteiger partial charge in [0.05, 0.1) is 17.6 Å². The summed E-state index contributed by atoms with van der Waals surface area (Å²) in [5.74, 6) is -0.195. The molecule has 0 amide bonds. The third kappa shape index (κ3) is 3.69. The number of nitrogens with zero attached hydrogens (tertiary/aromatic N) is 2. The van der Waals surface area contributed by atoms with Gasteiger partial charge in [0.25, 0.3) is 0 Å². The van der Waals surface area contributed by atoms with Gasteiger partial charge in [-0.15, -0.1) is 0 Å². The van der Waals surface area contributed by atoms with Gasteiger partial charge < -0.3 is 10.0 Å². The van der Waals surface area contributed by atoms with Crippen molar-refractivity contribution in [1.29, 1.82) is 5.26 Å². The summed E-state index contributed by atoms with van der Waals surface area (Å²) in [6.07, 6.45) is 4.29. The number of nitriles is 1. The van der Waals surface area contributed by atoms with Gasteiger partial charge in [-0.3, -0.25) is 0 Å². The quantitative estimate of drug-likeness (QED) is 0.818. The fourth-order valence-corrected chi connectivity index (χ4v) is 2.77. The highest BCUT2D eigenvalue weighted by molar-refractivity contribution is 5.00. The molecule has 2 atom stereocenters. The van der Waals surface area contributed by atoms with E-state index >= 15 is 0 Å². The van der Waals surface area contributed by atoms with E-state index in [9.17, 15) is 10.4 Å². The van der Waals surface area contributed by atoms with Crippen LogP contribution in [0.25, 0.3) is 0 Å². The van der Waals surface area contributed by atoms with Crippen molar-refractivity contribution >= 4 is 0 Å². The fraction of sp³-hybridized carbons (Fsp3) is 0.929. The van der Waals surface area contributed by atoms with Crippen molar-refractivity contribution in [3.63, 3.8) is 0 Å². The molecule has 0 spiro atoms. The Kier molecular flexibility index (Phi) is 5.42. The van der Waals surface area contributed by atoms with Crippen LogP contribution in [-0.4, -0.2) is 34.7 Å².